The van der Waals surface area contributed by atoms with Crippen LogP contribution in [0.1, 0.15) is 25.7 Å². The Hall–Kier alpha value is -0.760. The summed E-state index contributed by atoms with van der Waals surface area (Å²) in [7, 11) is 1.68. The van der Waals surface area contributed by atoms with Gasteiger partial charge in [-0.25, -0.2) is 0 Å². The van der Waals surface area contributed by atoms with Crippen LogP contribution >= 0.6 is 0 Å². The first-order valence-corrected chi connectivity index (χ1v) is 5.10. The minimum atomic E-state index is 0.0111. The van der Waals surface area contributed by atoms with Crippen molar-refractivity contribution in [3.8, 4) is 0 Å². The summed E-state index contributed by atoms with van der Waals surface area (Å²) in [6.45, 7) is 4.48. The molecule has 0 bridgehead atoms. The number of methoxy groups -OCH3 is 1. The van der Waals surface area contributed by atoms with E-state index in [9.17, 15) is 0 Å². The highest BCUT2D eigenvalue weighted by atomic mass is 16.5. The molecule has 14 heavy (non-hydrogen) atoms. The topological polar surface area (TPSA) is 29.5 Å². The molecule has 0 spiro atoms. The van der Waals surface area contributed by atoms with E-state index < -0.39 is 0 Å². The van der Waals surface area contributed by atoms with E-state index in [0.29, 0.717) is 0 Å². The fourth-order valence-corrected chi connectivity index (χ4v) is 1.62. The lowest BCUT2D eigenvalue weighted by Crippen LogP contribution is -2.15. The third-order valence-electron chi connectivity index (χ3n) is 2.63. The molecule has 1 aliphatic carbocycles. The Morgan fingerprint density at radius 2 is 2.36 bits per heavy atom. The van der Waals surface area contributed by atoms with Crippen molar-refractivity contribution in [2.75, 3.05) is 13.7 Å². The number of aliphatic hydroxyl groups is 1. The number of hydrogen-bond acceptors (Lipinski definition) is 2. The molecule has 0 fully saturated rings. The Morgan fingerprint density at radius 1 is 1.57 bits per heavy atom. The molecule has 2 heteroatoms. The SMILES string of the molecule is [CH2]C1(CCCCO)C=CC(OC)=CC1. The van der Waals surface area contributed by atoms with Gasteiger partial charge in [0.05, 0.1) is 7.11 Å². The van der Waals surface area contributed by atoms with Crippen molar-refractivity contribution in [1.82, 2.24) is 0 Å². The Balaban J connectivity index is 2.39. The first-order valence-electron chi connectivity index (χ1n) is 5.10. The zero-order chi connectivity index (χ0) is 10.4. The predicted octanol–water partition coefficient (Wildman–Crippen LogP) is 2.46. The molecule has 0 saturated carbocycles. The summed E-state index contributed by atoms with van der Waals surface area (Å²) in [4.78, 5) is 0. The van der Waals surface area contributed by atoms with Crippen molar-refractivity contribution in [2.24, 2.45) is 5.41 Å². The molecule has 0 aliphatic heterocycles. The van der Waals surface area contributed by atoms with E-state index in [1.165, 1.54) is 0 Å². The van der Waals surface area contributed by atoms with Crippen molar-refractivity contribution in [1.29, 1.82) is 0 Å². The third-order valence-corrected chi connectivity index (χ3v) is 2.63. The molecular formula is C12H19O2. The summed E-state index contributed by atoms with van der Waals surface area (Å²) in [6, 6.07) is 0. The third kappa shape index (κ3) is 3.18. The molecule has 0 amide bonds. The van der Waals surface area contributed by atoms with Gasteiger partial charge in [-0.05, 0) is 43.8 Å². The molecule has 0 aromatic heterocycles. The number of aliphatic hydroxyl groups excluding tert-OH is 1. The first-order chi connectivity index (χ1) is 6.70. The van der Waals surface area contributed by atoms with Crippen LogP contribution in [0.15, 0.2) is 24.0 Å². The quantitative estimate of drug-likeness (QED) is 0.683. The highest BCUT2D eigenvalue weighted by Gasteiger charge is 2.22. The van der Waals surface area contributed by atoms with Crippen LogP contribution < -0.4 is 0 Å². The summed E-state index contributed by atoms with van der Waals surface area (Å²) in [6.07, 6.45) is 10.0. The number of unbranched alkanes of at least 4 members (excludes halogenated alkanes) is 1. The number of ether oxygens (including phenoxy) is 1. The van der Waals surface area contributed by atoms with Crippen LogP contribution in [0, 0.1) is 12.3 Å². The predicted molar refractivity (Wildman–Crippen MR) is 57.6 cm³/mol. The smallest absolute Gasteiger partial charge is 0.114 e. The molecule has 0 heterocycles. The second kappa shape index (κ2) is 5.20. The lowest BCUT2D eigenvalue weighted by Gasteiger charge is -2.27. The van der Waals surface area contributed by atoms with Crippen molar-refractivity contribution in [3.05, 3.63) is 30.9 Å². The van der Waals surface area contributed by atoms with Gasteiger partial charge in [0.25, 0.3) is 0 Å². The molecule has 0 aromatic rings. The van der Waals surface area contributed by atoms with E-state index >= 15 is 0 Å². The highest BCUT2D eigenvalue weighted by molar-refractivity contribution is 5.23. The van der Waals surface area contributed by atoms with Gasteiger partial charge in [0.1, 0.15) is 5.76 Å². The molecule has 1 aliphatic rings. The molecule has 2 nitrogen and oxygen atoms in total. The van der Waals surface area contributed by atoms with E-state index in [1.807, 2.05) is 6.08 Å². The fourth-order valence-electron chi connectivity index (χ4n) is 1.62. The molecule has 1 unspecified atom stereocenters. The lowest BCUT2D eigenvalue weighted by molar-refractivity contribution is 0.270. The van der Waals surface area contributed by atoms with E-state index in [4.69, 9.17) is 9.84 Å². The molecular weight excluding hydrogens is 176 g/mol. The van der Waals surface area contributed by atoms with Crippen LogP contribution in [0.2, 0.25) is 0 Å². The monoisotopic (exact) mass is 195 g/mol. The maximum Gasteiger partial charge on any atom is 0.114 e. The van der Waals surface area contributed by atoms with Crippen LogP contribution in [-0.2, 0) is 4.74 Å². The molecule has 1 rings (SSSR count). The molecule has 1 radical (unpaired) electrons. The maximum atomic E-state index is 8.69. The van der Waals surface area contributed by atoms with Gasteiger partial charge >= 0.3 is 0 Å². The van der Waals surface area contributed by atoms with E-state index in [0.717, 1.165) is 31.4 Å². The van der Waals surface area contributed by atoms with Gasteiger partial charge < -0.3 is 9.84 Å². The van der Waals surface area contributed by atoms with E-state index in [1.54, 1.807) is 7.11 Å². The van der Waals surface area contributed by atoms with Gasteiger partial charge in [-0.2, -0.15) is 0 Å². The van der Waals surface area contributed by atoms with Gasteiger partial charge in [0, 0.05) is 6.61 Å². The van der Waals surface area contributed by atoms with Gasteiger partial charge in [-0.1, -0.05) is 12.5 Å². The van der Waals surface area contributed by atoms with Crippen LogP contribution in [0.3, 0.4) is 0 Å². The van der Waals surface area contributed by atoms with Gasteiger partial charge in [0.2, 0.25) is 0 Å². The molecule has 0 saturated heterocycles. The van der Waals surface area contributed by atoms with Crippen LogP contribution in [0.5, 0.6) is 0 Å². The van der Waals surface area contributed by atoms with Crippen LogP contribution in [-0.4, -0.2) is 18.8 Å². The average Bonchev–Trinajstić information content (AvgIpc) is 2.19. The maximum absolute atomic E-state index is 8.69. The van der Waals surface area contributed by atoms with Crippen LogP contribution in [0.4, 0.5) is 0 Å². The van der Waals surface area contributed by atoms with Crippen molar-refractivity contribution in [3.63, 3.8) is 0 Å². The van der Waals surface area contributed by atoms with Gasteiger partial charge in [-0.15, -0.1) is 0 Å². The second-order valence-electron chi connectivity index (χ2n) is 3.89. The zero-order valence-electron chi connectivity index (χ0n) is 8.83. The molecule has 1 N–H and O–H groups in total. The normalized spacial score (nSPS) is 26.1. The van der Waals surface area contributed by atoms with Crippen molar-refractivity contribution >= 4 is 0 Å². The second-order valence-corrected chi connectivity index (χ2v) is 3.89. The standard InChI is InChI=1S/C12H19O2/c1-12(7-3-4-10-13)8-5-11(14-2)6-9-12/h5-6,8,13H,1,3-4,7,9-10H2,2H3. The molecule has 0 aromatic carbocycles. The van der Waals surface area contributed by atoms with Crippen LogP contribution in [0.25, 0.3) is 0 Å². The lowest BCUT2D eigenvalue weighted by atomic mass is 9.79. The Bertz CT molecular complexity index is 230. The summed E-state index contributed by atoms with van der Waals surface area (Å²) in [5.41, 5.74) is 0.0111. The first kappa shape index (κ1) is 11.3. The largest absolute Gasteiger partial charge is 0.497 e. The van der Waals surface area contributed by atoms with E-state index in [2.05, 4.69) is 19.1 Å². The summed E-state index contributed by atoms with van der Waals surface area (Å²) in [5, 5.41) is 8.69. The van der Waals surface area contributed by atoms with Crippen molar-refractivity contribution < 1.29 is 9.84 Å². The van der Waals surface area contributed by atoms with Gasteiger partial charge in [0.15, 0.2) is 0 Å². The minimum Gasteiger partial charge on any atom is -0.497 e. The number of hydrogen-bond donors (Lipinski definition) is 1. The average molecular weight is 195 g/mol. The Labute approximate surface area is 86.3 Å². The molecule has 1 atom stereocenters. The summed E-state index contributed by atoms with van der Waals surface area (Å²) >= 11 is 0. The van der Waals surface area contributed by atoms with Crippen molar-refractivity contribution in [2.45, 2.75) is 25.7 Å². The molecule has 79 valence electrons. The highest BCUT2D eigenvalue weighted by Crippen LogP contribution is 2.33. The Kier molecular flexibility index (Phi) is 4.21. The fraction of sp³-hybridized carbons (Fsp3) is 0.583. The number of rotatable bonds is 5. The Morgan fingerprint density at radius 3 is 2.86 bits per heavy atom. The summed E-state index contributed by atoms with van der Waals surface area (Å²) in [5.74, 6) is 0.923. The number of allylic oxidation sites excluding steroid dienone is 3. The minimum absolute atomic E-state index is 0.0111. The zero-order valence-corrected chi connectivity index (χ0v) is 8.83. The summed E-state index contributed by atoms with van der Waals surface area (Å²) < 4.78 is 5.12. The van der Waals surface area contributed by atoms with Gasteiger partial charge in [-0.3, -0.25) is 0 Å². The van der Waals surface area contributed by atoms with E-state index in [-0.39, 0.29) is 12.0 Å².